The fourth-order valence-corrected chi connectivity index (χ4v) is 3.59. The minimum Gasteiger partial charge on any atom is -0.508 e. The van der Waals surface area contributed by atoms with Gasteiger partial charge in [-0.15, -0.1) is 0 Å². The van der Waals surface area contributed by atoms with E-state index < -0.39 is 41.9 Å². The first-order chi connectivity index (χ1) is 15.2. The molecule has 32 heavy (non-hydrogen) atoms. The van der Waals surface area contributed by atoms with E-state index >= 15 is 0 Å². The zero-order valence-corrected chi connectivity index (χ0v) is 17.1. The van der Waals surface area contributed by atoms with E-state index in [4.69, 9.17) is 18.6 Å². The van der Waals surface area contributed by atoms with Crippen molar-refractivity contribution in [3.8, 4) is 34.1 Å². The van der Waals surface area contributed by atoms with Crippen molar-refractivity contribution in [2.75, 3.05) is 7.11 Å². The van der Waals surface area contributed by atoms with E-state index in [1.165, 1.54) is 50.6 Å². The maximum atomic E-state index is 13.1. The van der Waals surface area contributed by atoms with Crippen LogP contribution in [0.2, 0.25) is 0 Å². The summed E-state index contributed by atoms with van der Waals surface area (Å²) in [6, 6.07) is 7.17. The molecule has 3 aromatic rings. The fourth-order valence-electron chi connectivity index (χ4n) is 3.59. The molecule has 0 radical (unpaired) electrons. The van der Waals surface area contributed by atoms with Gasteiger partial charge < -0.3 is 44.2 Å². The average molecular weight is 446 g/mol. The van der Waals surface area contributed by atoms with Crippen LogP contribution in [0.15, 0.2) is 45.8 Å². The van der Waals surface area contributed by atoms with Crippen LogP contribution in [0, 0.1) is 0 Å². The Bertz CT molecular complexity index is 1190. The Kier molecular flexibility index (Phi) is 5.70. The number of aromatic hydroxyl groups is 2. The lowest BCUT2D eigenvalue weighted by atomic mass is 10.00. The first kappa shape index (κ1) is 21.9. The quantitative estimate of drug-likeness (QED) is 0.393. The van der Waals surface area contributed by atoms with Gasteiger partial charge in [-0.2, -0.15) is 0 Å². The SMILES string of the molecule is COc1c(OC2OC(C)C(O)C(O)C2O)cc2occ(-c3ccc(O)cc3)c(=O)c2c1O. The van der Waals surface area contributed by atoms with Crippen LogP contribution in [0.3, 0.4) is 0 Å². The lowest BCUT2D eigenvalue weighted by Gasteiger charge is -2.39. The zero-order chi connectivity index (χ0) is 23.2. The van der Waals surface area contributed by atoms with E-state index in [0.717, 1.165) is 0 Å². The Balaban J connectivity index is 1.78. The molecule has 1 fully saturated rings. The summed E-state index contributed by atoms with van der Waals surface area (Å²) < 4.78 is 21.8. The van der Waals surface area contributed by atoms with Crippen molar-refractivity contribution in [2.24, 2.45) is 0 Å². The highest BCUT2D eigenvalue weighted by Gasteiger charge is 2.43. The minimum absolute atomic E-state index is 0.0234. The van der Waals surface area contributed by atoms with Crippen molar-refractivity contribution in [1.29, 1.82) is 0 Å². The molecule has 0 bridgehead atoms. The van der Waals surface area contributed by atoms with Gasteiger partial charge in [-0.05, 0) is 24.6 Å². The van der Waals surface area contributed by atoms with Gasteiger partial charge in [0.1, 0.15) is 41.3 Å². The number of methoxy groups -OCH3 is 1. The van der Waals surface area contributed by atoms with Crippen molar-refractivity contribution in [2.45, 2.75) is 37.6 Å². The molecule has 1 aromatic heterocycles. The predicted octanol–water partition coefficient (Wildman–Crippen LogP) is 1.09. The van der Waals surface area contributed by atoms with Gasteiger partial charge in [-0.25, -0.2) is 0 Å². The van der Waals surface area contributed by atoms with Crippen LogP contribution in [0.5, 0.6) is 23.0 Å². The third-order valence-corrected chi connectivity index (χ3v) is 5.39. The van der Waals surface area contributed by atoms with Gasteiger partial charge in [0.2, 0.25) is 17.5 Å². The van der Waals surface area contributed by atoms with Crippen molar-refractivity contribution in [3.05, 3.63) is 46.8 Å². The molecule has 1 aliphatic heterocycles. The minimum atomic E-state index is -1.59. The predicted molar refractivity (Wildman–Crippen MR) is 111 cm³/mol. The van der Waals surface area contributed by atoms with Crippen LogP contribution in [-0.2, 0) is 4.74 Å². The van der Waals surface area contributed by atoms with E-state index in [2.05, 4.69) is 0 Å². The molecule has 0 aliphatic carbocycles. The molecule has 1 saturated heterocycles. The van der Waals surface area contributed by atoms with E-state index in [9.17, 15) is 30.3 Å². The lowest BCUT2D eigenvalue weighted by molar-refractivity contribution is -0.268. The molecule has 10 nitrogen and oxygen atoms in total. The van der Waals surface area contributed by atoms with E-state index in [1.54, 1.807) is 0 Å². The van der Waals surface area contributed by atoms with Crippen molar-refractivity contribution in [3.63, 3.8) is 0 Å². The Morgan fingerprint density at radius 2 is 1.69 bits per heavy atom. The van der Waals surface area contributed by atoms with Crippen LogP contribution >= 0.6 is 0 Å². The maximum Gasteiger partial charge on any atom is 0.229 e. The molecule has 0 spiro atoms. The fraction of sp³-hybridized carbons (Fsp3) is 0.318. The van der Waals surface area contributed by atoms with Crippen molar-refractivity contribution < 1.29 is 44.2 Å². The largest absolute Gasteiger partial charge is 0.508 e. The molecule has 4 rings (SSSR count). The monoisotopic (exact) mass is 446 g/mol. The zero-order valence-electron chi connectivity index (χ0n) is 17.1. The Hall–Kier alpha value is -3.31. The number of aliphatic hydroxyl groups excluding tert-OH is 3. The highest BCUT2D eigenvalue weighted by molar-refractivity contribution is 5.91. The van der Waals surface area contributed by atoms with Crippen LogP contribution in [0.1, 0.15) is 6.92 Å². The lowest BCUT2D eigenvalue weighted by Crippen LogP contribution is -2.58. The number of ether oxygens (including phenoxy) is 3. The second kappa shape index (κ2) is 8.32. The summed E-state index contributed by atoms with van der Waals surface area (Å²) in [5.41, 5.74) is 0.0584. The summed E-state index contributed by atoms with van der Waals surface area (Å²) in [5.74, 6) is -0.841. The third-order valence-electron chi connectivity index (χ3n) is 5.39. The second-order valence-corrected chi connectivity index (χ2v) is 7.45. The highest BCUT2D eigenvalue weighted by Crippen LogP contribution is 2.43. The van der Waals surface area contributed by atoms with E-state index in [1.807, 2.05) is 0 Å². The first-order valence-electron chi connectivity index (χ1n) is 9.74. The number of fused-ring (bicyclic) bond motifs is 1. The molecule has 2 heterocycles. The number of aliphatic hydroxyl groups is 3. The van der Waals surface area contributed by atoms with E-state index in [-0.39, 0.29) is 33.8 Å². The number of phenolic OH excluding ortho intramolecular Hbond substituents is 2. The topological polar surface area (TPSA) is 159 Å². The number of hydrogen-bond acceptors (Lipinski definition) is 10. The van der Waals surface area contributed by atoms with Gasteiger partial charge in [-0.1, -0.05) is 12.1 Å². The van der Waals surface area contributed by atoms with Gasteiger partial charge in [0.25, 0.3) is 0 Å². The summed E-state index contributed by atoms with van der Waals surface area (Å²) in [5, 5.41) is 50.1. The number of phenols is 2. The molecular weight excluding hydrogens is 424 g/mol. The van der Waals surface area contributed by atoms with Crippen LogP contribution in [-0.4, -0.2) is 63.3 Å². The van der Waals surface area contributed by atoms with Crippen LogP contribution in [0.4, 0.5) is 0 Å². The van der Waals surface area contributed by atoms with Crippen LogP contribution in [0.25, 0.3) is 22.1 Å². The van der Waals surface area contributed by atoms with E-state index in [0.29, 0.717) is 5.56 Å². The summed E-state index contributed by atoms with van der Waals surface area (Å²) in [6.45, 7) is 1.50. The van der Waals surface area contributed by atoms with Gasteiger partial charge in [0, 0.05) is 6.07 Å². The first-order valence-corrected chi connectivity index (χ1v) is 9.74. The Morgan fingerprint density at radius 3 is 2.34 bits per heavy atom. The number of benzene rings is 2. The summed E-state index contributed by atoms with van der Waals surface area (Å²) >= 11 is 0. The van der Waals surface area contributed by atoms with Gasteiger partial charge >= 0.3 is 0 Å². The molecular formula is C22H22O10. The summed E-state index contributed by atoms with van der Waals surface area (Å²) in [6.07, 6.45) is -5.45. The molecule has 170 valence electrons. The van der Waals surface area contributed by atoms with Crippen LogP contribution < -0.4 is 14.9 Å². The Labute approximate surface area is 181 Å². The smallest absolute Gasteiger partial charge is 0.229 e. The summed E-state index contributed by atoms with van der Waals surface area (Å²) in [4.78, 5) is 13.1. The standard InChI is InChI=1S/C22H22O10/c1-9-16(24)19(27)20(28)22(31-9)32-14-7-13-15(18(26)21(14)29-2)17(25)12(8-30-13)10-3-5-11(23)6-4-10/h3-9,16,19-20,22-24,26-28H,1-2H3. The molecule has 2 aromatic carbocycles. The third kappa shape index (κ3) is 3.63. The molecule has 5 N–H and O–H groups in total. The Morgan fingerprint density at radius 1 is 1.00 bits per heavy atom. The molecule has 0 amide bonds. The maximum absolute atomic E-state index is 13.1. The average Bonchev–Trinajstić information content (AvgIpc) is 2.77. The second-order valence-electron chi connectivity index (χ2n) is 7.45. The van der Waals surface area contributed by atoms with Gasteiger partial charge in [-0.3, -0.25) is 4.79 Å². The summed E-state index contributed by atoms with van der Waals surface area (Å²) in [7, 11) is 1.25. The molecule has 0 saturated carbocycles. The van der Waals surface area contributed by atoms with Crippen molar-refractivity contribution in [1.82, 2.24) is 0 Å². The number of rotatable bonds is 4. The molecule has 1 aliphatic rings. The van der Waals surface area contributed by atoms with Crippen molar-refractivity contribution >= 4 is 11.0 Å². The number of hydrogen-bond donors (Lipinski definition) is 5. The van der Waals surface area contributed by atoms with Gasteiger partial charge in [0.15, 0.2) is 11.5 Å². The highest BCUT2D eigenvalue weighted by atomic mass is 16.7. The molecule has 10 heteroatoms. The molecule has 5 unspecified atom stereocenters. The molecule has 5 atom stereocenters. The normalized spacial score (nSPS) is 25.6. The van der Waals surface area contributed by atoms with Gasteiger partial charge in [0.05, 0.1) is 18.8 Å².